The highest BCUT2D eigenvalue weighted by atomic mass is 35.5. The van der Waals surface area contributed by atoms with Gasteiger partial charge in [-0.25, -0.2) is 8.42 Å². The lowest BCUT2D eigenvalue weighted by molar-refractivity contribution is 0.591. The molecule has 0 amide bonds. The minimum Gasteiger partial charge on any atom is -0.330 e. The van der Waals surface area contributed by atoms with E-state index < -0.39 is 15.1 Å². The minimum absolute atomic E-state index is 0.0217. The van der Waals surface area contributed by atoms with E-state index in [1.54, 1.807) is 24.3 Å². The van der Waals surface area contributed by atoms with Crippen molar-refractivity contribution in [2.45, 2.75) is 29.4 Å². The van der Waals surface area contributed by atoms with Crippen LogP contribution < -0.4 is 5.73 Å². The molecular weight excluding hydrogens is 330 g/mol. The van der Waals surface area contributed by atoms with Crippen molar-refractivity contribution in [1.82, 2.24) is 0 Å². The minimum atomic E-state index is -3.40. The van der Waals surface area contributed by atoms with E-state index >= 15 is 0 Å². The molecule has 1 aliphatic carbocycles. The zero-order valence-corrected chi connectivity index (χ0v) is 14.5. The van der Waals surface area contributed by atoms with Crippen LogP contribution in [0, 0.1) is 5.92 Å². The van der Waals surface area contributed by atoms with Gasteiger partial charge < -0.3 is 5.73 Å². The van der Waals surface area contributed by atoms with Crippen molar-refractivity contribution in [3.8, 4) is 0 Å². The van der Waals surface area contributed by atoms with Crippen LogP contribution in [-0.2, 0) is 16.3 Å². The number of hydrogen-bond acceptors (Lipinski definition) is 3. The number of aryl methyl sites for hydroxylation is 1. The fourth-order valence-corrected chi connectivity index (χ4v) is 5.59. The first-order valence-electron chi connectivity index (χ1n) is 7.77. The molecule has 0 aromatic heterocycles. The number of hydrogen-bond donors (Lipinski definition) is 1. The van der Waals surface area contributed by atoms with Crippen LogP contribution in [0.25, 0.3) is 0 Å². The van der Waals surface area contributed by atoms with Crippen molar-refractivity contribution in [3.05, 3.63) is 64.7 Å². The van der Waals surface area contributed by atoms with Gasteiger partial charge in [0.25, 0.3) is 0 Å². The maximum absolute atomic E-state index is 12.9. The second kappa shape index (κ2) is 6.27. The fourth-order valence-electron chi connectivity index (χ4n) is 3.24. The summed E-state index contributed by atoms with van der Waals surface area (Å²) in [7, 11) is -3.40. The first kappa shape index (κ1) is 16.5. The van der Waals surface area contributed by atoms with Gasteiger partial charge in [-0.15, -0.1) is 0 Å². The van der Waals surface area contributed by atoms with Crippen LogP contribution in [0.3, 0.4) is 0 Å². The molecule has 23 heavy (non-hydrogen) atoms. The van der Waals surface area contributed by atoms with Crippen LogP contribution in [0.1, 0.15) is 24.0 Å². The Morgan fingerprint density at radius 3 is 2.17 bits per heavy atom. The Labute approximate surface area is 142 Å². The zero-order chi connectivity index (χ0) is 16.6. The van der Waals surface area contributed by atoms with Crippen molar-refractivity contribution >= 4 is 21.4 Å². The Morgan fingerprint density at radius 1 is 1.04 bits per heavy atom. The molecule has 3 nitrogen and oxygen atoms in total. The van der Waals surface area contributed by atoms with Gasteiger partial charge in [0.2, 0.25) is 0 Å². The predicted octanol–water partition coefficient (Wildman–Crippen LogP) is 3.42. The van der Waals surface area contributed by atoms with Crippen molar-refractivity contribution < 1.29 is 8.42 Å². The van der Waals surface area contributed by atoms with E-state index in [0.717, 1.165) is 12.0 Å². The number of halogens is 1. The first-order chi connectivity index (χ1) is 11.0. The molecule has 3 atom stereocenters. The van der Waals surface area contributed by atoms with Gasteiger partial charge in [-0.2, -0.15) is 0 Å². The van der Waals surface area contributed by atoms with Gasteiger partial charge in [-0.3, -0.25) is 0 Å². The molecule has 0 saturated heterocycles. The summed E-state index contributed by atoms with van der Waals surface area (Å²) in [6, 6.07) is 14.5. The van der Waals surface area contributed by atoms with Crippen LogP contribution in [0.5, 0.6) is 0 Å². The van der Waals surface area contributed by atoms with E-state index in [9.17, 15) is 8.42 Å². The van der Waals surface area contributed by atoms with Crippen LogP contribution in [0.15, 0.2) is 53.4 Å². The second-order valence-corrected chi connectivity index (χ2v) is 8.53. The van der Waals surface area contributed by atoms with Crippen molar-refractivity contribution in [1.29, 1.82) is 0 Å². The second-order valence-electron chi connectivity index (χ2n) is 5.98. The molecule has 1 aliphatic rings. The summed E-state index contributed by atoms with van der Waals surface area (Å²) in [6.45, 7) is 2.47. The fraction of sp³-hybridized carbons (Fsp3) is 0.333. The van der Waals surface area contributed by atoms with Gasteiger partial charge in [-0.05, 0) is 54.3 Å². The molecule has 0 heterocycles. The molecule has 5 heteroatoms. The topological polar surface area (TPSA) is 60.2 Å². The SMILES string of the molecule is CCc1ccc([C@H]2[C@H](CN)[C@@H]2S(=O)(=O)c2ccc(Cl)cc2)cc1. The number of rotatable bonds is 5. The molecule has 1 fully saturated rings. The number of sulfone groups is 1. The number of benzene rings is 2. The molecular formula is C18H20ClNO2S. The van der Waals surface area contributed by atoms with Gasteiger partial charge in [-0.1, -0.05) is 42.8 Å². The van der Waals surface area contributed by atoms with Crippen LogP contribution >= 0.6 is 11.6 Å². The highest BCUT2D eigenvalue weighted by Gasteiger charge is 2.57. The molecule has 0 radical (unpaired) electrons. The molecule has 0 aliphatic heterocycles. The Bertz CT molecular complexity index is 785. The van der Waals surface area contributed by atoms with E-state index in [2.05, 4.69) is 19.1 Å². The quantitative estimate of drug-likeness (QED) is 0.899. The number of nitrogens with two attached hydrogens (primary N) is 1. The molecule has 122 valence electrons. The molecule has 2 aromatic carbocycles. The van der Waals surface area contributed by atoms with Gasteiger partial charge in [0.1, 0.15) is 0 Å². The molecule has 2 aromatic rings. The average molecular weight is 350 g/mol. The van der Waals surface area contributed by atoms with E-state index in [1.807, 2.05) is 12.1 Å². The molecule has 3 rings (SSSR count). The van der Waals surface area contributed by atoms with Crippen molar-refractivity contribution in [2.24, 2.45) is 11.7 Å². The molecule has 2 N–H and O–H groups in total. The standard InChI is InChI=1S/C18H20ClNO2S/c1-2-12-3-5-13(6-4-12)17-16(11-20)18(17)23(21,22)15-9-7-14(19)8-10-15/h3-10,16-18H,2,11,20H2,1H3/t16-,17-,18-/m0/s1. The maximum atomic E-state index is 12.9. The first-order valence-corrected chi connectivity index (χ1v) is 9.69. The third-order valence-corrected chi connectivity index (χ3v) is 7.18. The Morgan fingerprint density at radius 2 is 1.65 bits per heavy atom. The van der Waals surface area contributed by atoms with Crippen LogP contribution in [0.4, 0.5) is 0 Å². The average Bonchev–Trinajstić information content (AvgIpc) is 3.31. The summed E-state index contributed by atoms with van der Waals surface area (Å²) in [6.07, 6.45) is 0.970. The molecule has 1 saturated carbocycles. The third-order valence-electron chi connectivity index (χ3n) is 4.64. The molecule has 0 unspecified atom stereocenters. The van der Waals surface area contributed by atoms with Crippen molar-refractivity contribution in [2.75, 3.05) is 6.54 Å². The zero-order valence-electron chi connectivity index (χ0n) is 12.9. The Kier molecular flexibility index (Phi) is 4.50. The predicted molar refractivity (Wildman–Crippen MR) is 93.5 cm³/mol. The smallest absolute Gasteiger partial charge is 0.182 e. The highest BCUT2D eigenvalue weighted by Crippen LogP contribution is 2.53. The third kappa shape index (κ3) is 3.03. The van der Waals surface area contributed by atoms with Crippen LogP contribution in [-0.4, -0.2) is 20.2 Å². The van der Waals surface area contributed by atoms with Gasteiger partial charge in [0, 0.05) is 10.9 Å². The van der Waals surface area contributed by atoms with Crippen molar-refractivity contribution in [3.63, 3.8) is 0 Å². The lowest BCUT2D eigenvalue weighted by Gasteiger charge is -2.05. The summed E-state index contributed by atoms with van der Waals surface area (Å²) >= 11 is 5.85. The maximum Gasteiger partial charge on any atom is 0.182 e. The summed E-state index contributed by atoms with van der Waals surface area (Å²) in [5.41, 5.74) is 8.12. The van der Waals surface area contributed by atoms with E-state index in [-0.39, 0.29) is 11.8 Å². The monoisotopic (exact) mass is 349 g/mol. The van der Waals surface area contributed by atoms with Gasteiger partial charge in [0.15, 0.2) is 9.84 Å². The van der Waals surface area contributed by atoms with Gasteiger partial charge >= 0.3 is 0 Å². The summed E-state index contributed by atoms with van der Waals surface area (Å²) in [5, 5.41) is 0.0861. The van der Waals surface area contributed by atoms with Crippen LogP contribution in [0.2, 0.25) is 5.02 Å². The Balaban J connectivity index is 1.90. The summed E-state index contributed by atoms with van der Waals surface area (Å²) < 4.78 is 25.8. The van der Waals surface area contributed by atoms with E-state index in [4.69, 9.17) is 17.3 Å². The summed E-state index contributed by atoms with van der Waals surface area (Å²) in [4.78, 5) is 0.318. The molecule has 0 spiro atoms. The molecule has 0 bridgehead atoms. The van der Waals surface area contributed by atoms with Gasteiger partial charge in [0.05, 0.1) is 10.1 Å². The largest absolute Gasteiger partial charge is 0.330 e. The lowest BCUT2D eigenvalue weighted by Crippen LogP contribution is -2.13. The normalized spacial score (nSPS) is 23.7. The van der Waals surface area contributed by atoms with E-state index in [1.165, 1.54) is 5.56 Å². The Hall–Kier alpha value is -1.36. The summed E-state index contributed by atoms with van der Waals surface area (Å²) in [5.74, 6) is -0.0465. The highest BCUT2D eigenvalue weighted by molar-refractivity contribution is 7.92. The lowest BCUT2D eigenvalue weighted by atomic mass is 10.1. The van der Waals surface area contributed by atoms with E-state index in [0.29, 0.717) is 16.5 Å².